The van der Waals surface area contributed by atoms with Gasteiger partial charge in [-0.25, -0.2) is 9.00 Å². The molecule has 37 heavy (non-hydrogen) atoms. The number of fused-ring (bicyclic) bond motifs is 2. The minimum Gasteiger partial charge on any atom is -0.465 e. The zero-order valence-electron chi connectivity index (χ0n) is 19.4. The highest BCUT2D eigenvalue weighted by Gasteiger charge is 2.31. The highest BCUT2D eigenvalue weighted by atomic mass is 35.5. The van der Waals surface area contributed by atoms with Crippen LogP contribution in [0.3, 0.4) is 0 Å². The van der Waals surface area contributed by atoms with Crippen LogP contribution in [0.5, 0.6) is 0 Å². The average Bonchev–Trinajstić information content (AvgIpc) is 3.35. The molecule has 1 aliphatic heterocycles. The molecule has 0 spiro atoms. The number of nitrogens with one attached hydrogen (secondary N) is 1. The Morgan fingerprint density at radius 3 is 2.62 bits per heavy atom. The summed E-state index contributed by atoms with van der Waals surface area (Å²) in [6, 6.07) is 20.2. The van der Waals surface area contributed by atoms with Crippen molar-refractivity contribution in [3.8, 4) is 0 Å². The Morgan fingerprint density at radius 2 is 1.84 bits per heavy atom. The second-order valence-electron chi connectivity index (χ2n) is 8.08. The third-order valence-electron chi connectivity index (χ3n) is 5.79. The van der Waals surface area contributed by atoms with E-state index in [9.17, 15) is 18.6 Å². The quantitative estimate of drug-likeness (QED) is 0.319. The number of carbonyl (C=O) groups is 3. The molecule has 4 aromatic rings. The number of hydrogen-bond acceptors (Lipinski definition) is 6. The van der Waals surface area contributed by atoms with Gasteiger partial charge in [0.2, 0.25) is 0 Å². The van der Waals surface area contributed by atoms with E-state index in [1.54, 1.807) is 72.1 Å². The maximum absolute atomic E-state index is 13.7. The standard InChI is InChI=1S/C27H19ClN2O5S2/c1-35-27(33)24-20(11-12-36-24)29-25(31)17-9-10-23-21(14-17)30(15-16-5-4-6-18(28)13-16)26(32)19-7-2-3-8-22(19)37(23)34/h2-14H,15H2,1H3,(H,29,31). The molecule has 1 unspecified atom stereocenters. The molecular formula is C27H19ClN2O5S2. The van der Waals surface area contributed by atoms with Crippen LogP contribution in [-0.2, 0) is 22.1 Å². The second kappa shape index (κ2) is 10.3. The van der Waals surface area contributed by atoms with Crippen molar-refractivity contribution in [1.29, 1.82) is 0 Å². The summed E-state index contributed by atoms with van der Waals surface area (Å²) in [5, 5.41) is 4.92. The van der Waals surface area contributed by atoms with Gasteiger partial charge in [0.05, 0.1) is 51.2 Å². The number of anilines is 2. The van der Waals surface area contributed by atoms with Gasteiger partial charge in [0.1, 0.15) is 4.88 Å². The molecule has 3 aromatic carbocycles. The number of ether oxygens (including phenoxy) is 1. The van der Waals surface area contributed by atoms with Gasteiger partial charge in [-0.1, -0.05) is 35.9 Å². The molecule has 0 saturated carbocycles. The lowest BCUT2D eigenvalue weighted by molar-refractivity contribution is 0.0607. The highest BCUT2D eigenvalue weighted by molar-refractivity contribution is 7.85. The third kappa shape index (κ3) is 4.81. The maximum Gasteiger partial charge on any atom is 0.350 e. The Bertz CT molecular complexity index is 1580. The molecule has 0 radical (unpaired) electrons. The minimum absolute atomic E-state index is 0.153. The molecule has 0 bridgehead atoms. The third-order valence-corrected chi connectivity index (χ3v) is 8.42. The van der Waals surface area contributed by atoms with Crippen LogP contribution in [0.15, 0.2) is 88.0 Å². The first-order valence-electron chi connectivity index (χ1n) is 11.1. The van der Waals surface area contributed by atoms with E-state index in [1.165, 1.54) is 12.0 Å². The number of benzene rings is 3. The first-order valence-corrected chi connectivity index (χ1v) is 13.5. The van der Waals surface area contributed by atoms with Crippen LogP contribution in [0.1, 0.15) is 36.0 Å². The smallest absolute Gasteiger partial charge is 0.350 e. The van der Waals surface area contributed by atoms with Crippen molar-refractivity contribution in [3.63, 3.8) is 0 Å². The number of methoxy groups -OCH3 is 1. The van der Waals surface area contributed by atoms with Crippen LogP contribution in [0.4, 0.5) is 11.4 Å². The summed E-state index contributed by atoms with van der Waals surface area (Å²) < 4.78 is 18.4. The molecule has 1 N–H and O–H groups in total. The summed E-state index contributed by atoms with van der Waals surface area (Å²) in [5.74, 6) is -1.39. The van der Waals surface area contributed by atoms with E-state index in [0.29, 0.717) is 31.8 Å². The van der Waals surface area contributed by atoms with Crippen LogP contribution in [-0.4, -0.2) is 29.1 Å². The lowest BCUT2D eigenvalue weighted by Crippen LogP contribution is -2.30. The number of carbonyl (C=O) groups excluding carboxylic acids is 3. The summed E-state index contributed by atoms with van der Waals surface area (Å²) in [7, 11) is -0.388. The van der Waals surface area contributed by atoms with Crippen LogP contribution in [0, 0.1) is 0 Å². The van der Waals surface area contributed by atoms with E-state index in [1.807, 2.05) is 6.07 Å². The number of rotatable bonds is 5. The van der Waals surface area contributed by atoms with Crippen molar-refractivity contribution in [2.45, 2.75) is 16.3 Å². The van der Waals surface area contributed by atoms with Crippen molar-refractivity contribution in [2.24, 2.45) is 0 Å². The van der Waals surface area contributed by atoms with Crippen molar-refractivity contribution in [1.82, 2.24) is 0 Å². The predicted molar refractivity (Wildman–Crippen MR) is 143 cm³/mol. The van der Waals surface area contributed by atoms with Gasteiger partial charge in [-0.3, -0.25) is 9.59 Å². The first kappa shape index (κ1) is 24.9. The zero-order chi connectivity index (χ0) is 26.1. The molecule has 0 saturated heterocycles. The van der Waals surface area contributed by atoms with Gasteiger partial charge in [-0.15, -0.1) is 11.3 Å². The fourth-order valence-electron chi connectivity index (χ4n) is 4.03. The minimum atomic E-state index is -1.66. The lowest BCUT2D eigenvalue weighted by atomic mass is 10.1. The molecule has 0 fully saturated rings. The molecular weight excluding hydrogens is 532 g/mol. The second-order valence-corrected chi connectivity index (χ2v) is 10.8. The molecule has 0 aliphatic carbocycles. The van der Waals surface area contributed by atoms with Gasteiger partial charge < -0.3 is 15.0 Å². The molecule has 2 heterocycles. The summed E-state index contributed by atoms with van der Waals surface area (Å²) in [5.41, 5.74) is 2.00. The Morgan fingerprint density at radius 1 is 1.03 bits per heavy atom. The number of esters is 1. The van der Waals surface area contributed by atoms with Crippen LogP contribution in [0.25, 0.3) is 0 Å². The molecule has 1 aliphatic rings. The Hall–Kier alpha value is -3.79. The average molecular weight is 551 g/mol. The summed E-state index contributed by atoms with van der Waals surface area (Å²) >= 11 is 7.33. The van der Waals surface area contributed by atoms with E-state index < -0.39 is 22.7 Å². The number of halogens is 1. The molecule has 10 heteroatoms. The number of nitrogens with zero attached hydrogens (tertiary/aromatic N) is 1. The predicted octanol–water partition coefficient (Wildman–Crippen LogP) is 5.77. The van der Waals surface area contributed by atoms with Crippen molar-refractivity contribution < 1.29 is 23.3 Å². The summed E-state index contributed by atoms with van der Waals surface area (Å²) in [6.45, 7) is 0.153. The fraction of sp³-hybridized carbons (Fsp3) is 0.0741. The fourth-order valence-corrected chi connectivity index (χ4v) is 6.36. The van der Waals surface area contributed by atoms with Gasteiger partial charge >= 0.3 is 5.97 Å². The largest absolute Gasteiger partial charge is 0.465 e. The van der Waals surface area contributed by atoms with Crippen molar-refractivity contribution >= 4 is 62.9 Å². The summed E-state index contributed by atoms with van der Waals surface area (Å²) in [4.78, 5) is 41.5. The summed E-state index contributed by atoms with van der Waals surface area (Å²) in [6.07, 6.45) is 0. The normalized spacial score (nSPS) is 14.4. The van der Waals surface area contributed by atoms with E-state index in [-0.39, 0.29) is 22.9 Å². The topological polar surface area (TPSA) is 92.8 Å². The Labute approximate surface area is 224 Å². The molecule has 2 amide bonds. The van der Waals surface area contributed by atoms with Gasteiger partial charge in [0.25, 0.3) is 11.8 Å². The number of amides is 2. The molecule has 186 valence electrons. The monoisotopic (exact) mass is 550 g/mol. The van der Waals surface area contributed by atoms with E-state index >= 15 is 0 Å². The van der Waals surface area contributed by atoms with Gasteiger partial charge in [0, 0.05) is 10.6 Å². The van der Waals surface area contributed by atoms with Gasteiger partial charge in [-0.05, 0) is 59.5 Å². The van der Waals surface area contributed by atoms with Crippen molar-refractivity contribution in [2.75, 3.05) is 17.3 Å². The van der Waals surface area contributed by atoms with Crippen LogP contribution >= 0.6 is 22.9 Å². The van der Waals surface area contributed by atoms with E-state index in [2.05, 4.69) is 5.32 Å². The molecule has 5 rings (SSSR count). The molecule has 7 nitrogen and oxygen atoms in total. The van der Waals surface area contributed by atoms with Crippen molar-refractivity contribution in [3.05, 3.63) is 105 Å². The highest BCUT2D eigenvalue weighted by Crippen LogP contribution is 2.36. The zero-order valence-corrected chi connectivity index (χ0v) is 21.8. The molecule has 1 aromatic heterocycles. The number of thiophene rings is 1. The Balaban J connectivity index is 1.58. The van der Waals surface area contributed by atoms with Gasteiger partial charge in [0.15, 0.2) is 0 Å². The first-order chi connectivity index (χ1) is 17.9. The molecule has 1 atom stereocenters. The van der Waals surface area contributed by atoms with Gasteiger partial charge in [-0.2, -0.15) is 0 Å². The maximum atomic E-state index is 13.7. The van der Waals surface area contributed by atoms with E-state index in [4.69, 9.17) is 16.3 Å². The van der Waals surface area contributed by atoms with Crippen LogP contribution < -0.4 is 10.2 Å². The Kier molecular flexibility index (Phi) is 6.92. The SMILES string of the molecule is COC(=O)c1sccc1NC(=O)c1ccc2c(c1)N(Cc1cccc(Cl)c1)C(=O)c1ccccc1S2=O. The lowest BCUT2D eigenvalue weighted by Gasteiger charge is -2.23. The van der Waals surface area contributed by atoms with E-state index in [0.717, 1.165) is 16.9 Å². The number of hydrogen-bond donors (Lipinski definition) is 1. The van der Waals surface area contributed by atoms with Crippen LogP contribution in [0.2, 0.25) is 5.02 Å².